The molecule has 1 aromatic carbocycles. The van der Waals surface area contributed by atoms with Gasteiger partial charge < -0.3 is 15.4 Å². The molecule has 0 radical (unpaired) electrons. The van der Waals surface area contributed by atoms with Crippen molar-refractivity contribution in [2.75, 3.05) is 18.4 Å². The quantitative estimate of drug-likeness (QED) is 0.837. The Labute approximate surface area is 132 Å². The van der Waals surface area contributed by atoms with Gasteiger partial charge in [-0.25, -0.2) is 0 Å². The molecule has 0 bridgehead atoms. The van der Waals surface area contributed by atoms with Crippen LogP contribution in [0.4, 0.5) is 5.69 Å². The van der Waals surface area contributed by atoms with Gasteiger partial charge in [0.15, 0.2) is 5.78 Å². The largest absolute Gasteiger partial charge is 0.484 e. The molecular formula is C18H26N2O2. The zero-order valence-electron chi connectivity index (χ0n) is 13.6. The van der Waals surface area contributed by atoms with Crippen molar-refractivity contribution in [2.24, 2.45) is 0 Å². The highest BCUT2D eigenvalue weighted by atomic mass is 16.5. The zero-order valence-corrected chi connectivity index (χ0v) is 13.6. The van der Waals surface area contributed by atoms with Gasteiger partial charge in [-0.15, -0.1) is 0 Å². The van der Waals surface area contributed by atoms with Crippen LogP contribution in [0.5, 0.6) is 5.75 Å². The van der Waals surface area contributed by atoms with Gasteiger partial charge in [-0.1, -0.05) is 19.3 Å². The first-order valence-corrected chi connectivity index (χ1v) is 8.37. The molecule has 1 fully saturated rings. The van der Waals surface area contributed by atoms with Crippen molar-refractivity contribution in [3.63, 3.8) is 0 Å². The summed E-state index contributed by atoms with van der Waals surface area (Å²) in [6.07, 6.45) is 6.28. The Morgan fingerprint density at radius 1 is 1.32 bits per heavy atom. The first-order chi connectivity index (χ1) is 10.5. The van der Waals surface area contributed by atoms with Crippen LogP contribution in [0, 0.1) is 0 Å². The monoisotopic (exact) mass is 302 g/mol. The molecule has 0 aromatic heterocycles. The van der Waals surface area contributed by atoms with Gasteiger partial charge >= 0.3 is 0 Å². The Morgan fingerprint density at radius 3 is 2.86 bits per heavy atom. The van der Waals surface area contributed by atoms with Gasteiger partial charge in [-0.3, -0.25) is 4.79 Å². The van der Waals surface area contributed by atoms with Crippen molar-refractivity contribution in [3.05, 3.63) is 23.8 Å². The third-order valence-corrected chi connectivity index (χ3v) is 4.55. The molecule has 2 aliphatic rings. The van der Waals surface area contributed by atoms with E-state index in [4.69, 9.17) is 4.74 Å². The van der Waals surface area contributed by atoms with Crippen molar-refractivity contribution in [1.29, 1.82) is 0 Å². The highest BCUT2D eigenvalue weighted by Gasteiger charge is 2.26. The van der Waals surface area contributed by atoms with Crippen LogP contribution in [-0.2, 0) is 0 Å². The van der Waals surface area contributed by atoms with E-state index in [0.29, 0.717) is 12.6 Å². The Kier molecular flexibility index (Phi) is 4.39. The molecule has 0 unspecified atom stereocenters. The summed E-state index contributed by atoms with van der Waals surface area (Å²) in [6.45, 7) is 5.28. The normalized spacial score (nSPS) is 20.6. The van der Waals surface area contributed by atoms with Crippen LogP contribution in [0.1, 0.15) is 56.3 Å². The SMILES string of the molecule is CC1(C)CNc2cc(C(=O)CNC3CCCCC3)ccc2O1. The summed E-state index contributed by atoms with van der Waals surface area (Å²) < 4.78 is 5.92. The number of fused-ring (bicyclic) bond motifs is 1. The Morgan fingerprint density at radius 2 is 2.09 bits per heavy atom. The number of anilines is 1. The predicted molar refractivity (Wildman–Crippen MR) is 88.8 cm³/mol. The lowest BCUT2D eigenvalue weighted by molar-refractivity contribution is 0.0984. The molecule has 22 heavy (non-hydrogen) atoms. The maximum Gasteiger partial charge on any atom is 0.176 e. The Hall–Kier alpha value is -1.55. The van der Waals surface area contributed by atoms with E-state index in [1.165, 1.54) is 32.1 Å². The maximum atomic E-state index is 12.4. The number of ketones is 1. The average Bonchev–Trinajstić information content (AvgIpc) is 2.52. The van der Waals surface area contributed by atoms with Crippen LogP contribution < -0.4 is 15.4 Å². The van der Waals surface area contributed by atoms with E-state index in [0.717, 1.165) is 23.5 Å². The van der Waals surface area contributed by atoms with Crippen LogP contribution in [0.3, 0.4) is 0 Å². The highest BCUT2D eigenvalue weighted by Crippen LogP contribution is 2.33. The van der Waals surface area contributed by atoms with Crippen molar-refractivity contribution < 1.29 is 9.53 Å². The van der Waals surface area contributed by atoms with Crippen LogP contribution in [0.25, 0.3) is 0 Å². The second-order valence-electron chi connectivity index (χ2n) is 7.07. The van der Waals surface area contributed by atoms with E-state index < -0.39 is 0 Å². The smallest absolute Gasteiger partial charge is 0.176 e. The minimum atomic E-state index is -0.207. The lowest BCUT2D eigenvalue weighted by Crippen LogP contribution is -2.40. The molecule has 120 valence electrons. The Bertz CT molecular complexity index is 548. The molecule has 0 amide bonds. The maximum absolute atomic E-state index is 12.4. The first kappa shape index (κ1) is 15.3. The Balaban J connectivity index is 1.61. The van der Waals surface area contributed by atoms with E-state index in [9.17, 15) is 4.79 Å². The summed E-state index contributed by atoms with van der Waals surface area (Å²) >= 11 is 0. The van der Waals surface area contributed by atoms with Gasteiger partial charge in [-0.05, 0) is 44.9 Å². The second-order valence-corrected chi connectivity index (χ2v) is 7.07. The van der Waals surface area contributed by atoms with Crippen LogP contribution >= 0.6 is 0 Å². The van der Waals surface area contributed by atoms with Crippen molar-refractivity contribution in [2.45, 2.75) is 57.6 Å². The molecule has 1 saturated carbocycles. The minimum absolute atomic E-state index is 0.153. The number of benzene rings is 1. The number of nitrogens with one attached hydrogen (secondary N) is 2. The molecule has 1 aliphatic heterocycles. The average molecular weight is 302 g/mol. The summed E-state index contributed by atoms with van der Waals surface area (Å²) in [6, 6.07) is 6.19. The number of ether oxygens (including phenoxy) is 1. The third-order valence-electron chi connectivity index (χ3n) is 4.55. The standard InChI is InChI=1S/C18H26N2O2/c1-18(2)12-20-15-10-13(8-9-17(15)22-18)16(21)11-19-14-6-4-3-5-7-14/h8-10,14,19-20H,3-7,11-12H2,1-2H3. The topological polar surface area (TPSA) is 50.4 Å². The van der Waals surface area contributed by atoms with Crippen LogP contribution in [0.2, 0.25) is 0 Å². The predicted octanol–water partition coefficient (Wildman–Crippen LogP) is 3.37. The third kappa shape index (κ3) is 3.61. The van der Waals surface area contributed by atoms with Crippen LogP contribution in [-0.4, -0.2) is 30.5 Å². The molecule has 1 aliphatic carbocycles. The number of rotatable bonds is 4. The van der Waals surface area contributed by atoms with Crippen molar-refractivity contribution in [3.8, 4) is 5.75 Å². The number of carbonyl (C=O) groups excluding carboxylic acids is 1. The fourth-order valence-electron chi connectivity index (χ4n) is 3.22. The lowest BCUT2D eigenvalue weighted by Gasteiger charge is -2.33. The first-order valence-electron chi connectivity index (χ1n) is 8.37. The van der Waals surface area contributed by atoms with E-state index in [2.05, 4.69) is 24.5 Å². The number of hydrogen-bond donors (Lipinski definition) is 2. The van der Waals surface area contributed by atoms with Crippen molar-refractivity contribution in [1.82, 2.24) is 5.32 Å². The molecule has 3 rings (SSSR count). The fourth-order valence-corrected chi connectivity index (χ4v) is 3.22. The van der Waals surface area contributed by atoms with Gasteiger partial charge in [0, 0.05) is 11.6 Å². The molecule has 4 nitrogen and oxygen atoms in total. The fraction of sp³-hybridized carbons (Fsp3) is 0.611. The van der Waals surface area contributed by atoms with Crippen molar-refractivity contribution >= 4 is 11.5 Å². The minimum Gasteiger partial charge on any atom is -0.484 e. The second kappa shape index (κ2) is 6.29. The van der Waals surface area contributed by atoms with Gasteiger partial charge in [0.05, 0.1) is 18.8 Å². The summed E-state index contributed by atoms with van der Waals surface area (Å²) in [5.74, 6) is 0.980. The molecular weight excluding hydrogens is 276 g/mol. The molecule has 0 saturated heterocycles. The zero-order chi connectivity index (χ0) is 15.6. The lowest BCUT2D eigenvalue weighted by atomic mass is 9.95. The van der Waals surface area contributed by atoms with Gasteiger partial charge in [0.2, 0.25) is 0 Å². The molecule has 4 heteroatoms. The summed E-state index contributed by atoms with van der Waals surface area (Å²) in [7, 11) is 0. The number of hydrogen-bond acceptors (Lipinski definition) is 4. The molecule has 0 atom stereocenters. The summed E-state index contributed by atoms with van der Waals surface area (Å²) in [5.41, 5.74) is 1.46. The van der Waals surface area contributed by atoms with Gasteiger partial charge in [0.25, 0.3) is 0 Å². The van der Waals surface area contributed by atoms with E-state index >= 15 is 0 Å². The van der Waals surface area contributed by atoms with Crippen LogP contribution in [0.15, 0.2) is 18.2 Å². The molecule has 2 N–H and O–H groups in total. The van der Waals surface area contributed by atoms with E-state index in [1.54, 1.807) is 0 Å². The number of Topliss-reactive ketones (excluding diaryl/α,β-unsaturated/α-hetero) is 1. The molecule has 0 spiro atoms. The molecule has 1 heterocycles. The van der Waals surface area contributed by atoms with Gasteiger partial charge in [0.1, 0.15) is 11.4 Å². The summed E-state index contributed by atoms with van der Waals surface area (Å²) in [4.78, 5) is 12.4. The highest BCUT2D eigenvalue weighted by molar-refractivity contribution is 5.98. The summed E-state index contributed by atoms with van der Waals surface area (Å²) in [5, 5.41) is 6.77. The van der Waals surface area contributed by atoms with Gasteiger partial charge in [-0.2, -0.15) is 0 Å². The van der Waals surface area contributed by atoms with E-state index in [-0.39, 0.29) is 11.4 Å². The van der Waals surface area contributed by atoms with E-state index in [1.807, 2.05) is 18.2 Å². The number of carbonyl (C=O) groups is 1. The molecule has 1 aromatic rings.